The molecule has 0 heterocycles. The number of unbranched alkanes of at least 4 members (excludes halogenated alkanes) is 8. The highest BCUT2D eigenvalue weighted by Gasteiger charge is 2.32. The van der Waals surface area contributed by atoms with Crippen LogP contribution >= 0.6 is 0 Å². The maximum absolute atomic E-state index is 6.31. The summed E-state index contributed by atoms with van der Waals surface area (Å²) < 4.78 is 12.6. The zero-order chi connectivity index (χ0) is 16.1. The molecule has 0 bridgehead atoms. The molecule has 0 N–H and O–H groups in total. The van der Waals surface area contributed by atoms with Crippen molar-refractivity contribution in [1.29, 1.82) is 0 Å². The molecule has 0 aliphatic heterocycles. The van der Waals surface area contributed by atoms with Gasteiger partial charge in [0.05, 0.1) is 0 Å². The maximum atomic E-state index is 6.31. The standard InChI is InChI=1S/C16H40O2Si3/c1-7-8-9-10-11-12-13-14-15-16-21(6,17-19(2)3)18-20(4)5/h19-20H,7-16H2,1-6H3. The lowest BCUT2D eigenvalue weighted by Gasteiger charge is -2.31. The lowest BCUT2D eigenvalue weighted by atomic mass is 10.1. The molecule has 0 aromatic heterocycles. The largest absolute Gasteiger partial charge is 0.439 e. The first-order valence-electron chi connectivity index (χ1n) is 9.25. The van der Waals surface area contributed by atoms with Crippen LogP contribution in [0, 0.1) is 0 Å². The smallest absolute Gasteiger partial charge is 0.313 e. The summed E-state index contributed by atoms with van der Waals surface area (Å²) in [7, 11) is -3.79. The van der Waals surface area contributed by atoms with Crippen LogP contribution in [0.4, 0.5) is 0 Å². The summed E-state index contributed by atoms with van der Waals surface area (Å²) in [5.74, 6) is 0. The van der Waals surface area contributed by atoms with Gasteiger partial charge in [-0.1, -0.05) is 64.7 Å². The molecular weight excluding hydrogens is 308 g/mol. The van der Waals surface area contributed by atoms with E-state index in [2.05, 4.69) is 39.7 Å². The van der Waals surface area contributed by atoms with Crippen molar-refractivity contribution < 1.29 is 8.23 Å². The zero-order valence-electron chi connectivity index (χ0n) is 15.5. The fraction of sp³-hybridized carbons (Fsp3) is 1.00. The van der Waals surface area contributed by atoms with Crippen LogP contribution in [0.2, 0.25) is 38.8 Å². The van der Waals surface area contributed by atoms with E-state index in [1.165, 1.54) is 63.8 Å². The molecule has 128 valence electrons. The van der Waals surface area contributed by atoms with Gasteiger partial charge in [-0.3, -0.25) is 0 Å². The third-order valence-corrected chi connectivity index (χ3v) is 12.7. The SMILES string of the molecule is CCCCCCCCCCC[Si](C)(O[SiH](C)C)O[SiH](C)C. The van der Waals surface area contributed by atoms with E-state index in [4.69, 9.17) is 8.23 Å². The van der Waals surface area contributed by atoms with E-state index >= 15 is 0 Å². The molecule has 0 aromatic carbocycles. The molecule has 2 nitrogen and oxygen atoms in total. The van der Waals surface area contributed by atoms with E-state index in [-0.39, 0.29) is 0 Å². The van der Waals surface area contributed by atoms with Crippen molar-refractivity contribution in [3.8, 4) is 0 Å². The molecule has 0 fully saturated rings. The van der Waals surface area contributed by atoms with Crippen molar-refractivity contribution >= 4 is 26.6 Å². The highest BCUT2D eigenvalue weighted by atomic mass is 28.5. The Labute approximate surface area is 138 Å². The Morgan fingerprint density at radius 1 is 0.667 bits per heavy atom. The molecule has 0 unspecified atom stereocenters. The Bertz CT molecular complexity index is 226. The first-order chi connectivity index (χ1) is 9.89. The summed E-state index contributed by atoms with van der Waals surface area (Å²) in [6.07, 6.45) is 12.5. The summed E-state index contributed by atoms with van der Waals surface area (Å²) in [6, 6.07) is 1.21. The topological polar surface area (TPSA) is 18.5 Å². The minimum Gasteiger partial charge on any atom is -0.439 e. The van der Waals surface area contributed by atoms with E-state index in [9.17, 15) is 0 Å². The number of rotatable bonds is 14. The minimum absolute atomic E-state index is 0.977. The lowest BCUT2D eigenvalue weighted by Crippen LogP contribution is -2.45. The average molecular weight is 349 g/mol. The Morgan fingerprint density at radius 2 is 1.05 bits per heavy atom. The van der Waals surface area contributed by atoms with Gasteiger partial charge < -0.3 is 8.23 Å². The molecule has 5 heteroatoms. The quantitative estimate of drug-likeness (QED) is 0.301. The Balaban J connectivity index is 3.73. The summed E-state index contributed by atoms with van der Waals surface area (Å²) in [4.78, 5) is 0. The van der Waals surface area contributed by atoms with Gasteiger partial charge in [-0.05, 0) is 38.8 Å². The van der Waals surface area contributed by atoms with E-state index in [1.807, 2.05) is 0 Å². The van der Waals surface area contributed by atoms with Gasteiger partial charge in [-0.25, -0.2) is 0 Å². The predicted octanol–water partition coefficient (Wildman–Crippen LogP) is 5.59. The van der Waals surface area contributed by atoms with Crippen LogP contribution in [0.25, 0.3) is 0 Å². The van der Waals surface area contributed by atoms with Gasteiger partial charge in [0.1, 0.15) is 0 Å². The molecule has 0 saturated carbocycles. The van der Waals surface area contributed by atoms with Crippen LogP contribution in [0.5, 0.6) is 0 Å². The zero-order valence-corrected chi connectivity index (χ0v) is 18.9. The van der Waals surface area contributed by atoms with Crippen molar-refractivity contribution in [2.45, 2.75) is 103 Å². The first-order valence-corrected chi connectivity index (χ1v) is 17.3. The molecule has 0 aromatic rings. The molecule has 0 amide bonds. The van der Waals surface area contributed by atoms with Gasteiger partial charge >= 0.3 is 8.56 Å². The van der Waals surface area contributed by atoms with Gasteiger partial charge in [-0.2, -0.15) is 0 Å². The van der Waals surface area contributed by atoms with Gasteiger partial charge in [0.25, 0.3) is 0 Å². The predicted molar refractivity (Wildman–Crippen MR) is 104 cm³/mol. The molecule has 21 heavy (non-hydrogen) atoms. The van der Waals surface area contributed by atoms with Crippen LogP contribution < -0.4 is 0 Å². The Hall–Kier alpha value is 0.571. The lowest BCUT2D eigenvalue weighted by molar-refractivity contribution is 0.398. The first kappa shape index (κ1) is 21.6. The average Bonchev–Trinajstić information content (AvgIpc) is 2.34. The fourth-order valence-electron chi connectivity index (χ4n) is 2.90. The van der Waals surface area contributed by atoms with Gasteiger partial charge in [-0.15, -0.1) is 0 Å². The molecule has 0 aliphatic carbocycles. The van der Waals surface area contributed by atoms with Crippen LogP contribution in [-0.4, -0.2) is 26.6 Å². The summed E-state index contributed by atoms with van der Waals surface area (Å²) in [6.45, 7) is 13.7. The van der Waals surface area contributed by atoms with Crippen molar-refractivity contribution in [3.05, 3.63) is 0 Å². The van der Waals surface area contributed by atoms with Gasteiger partial charge in [0.15, 0.2) is 18.1 Å². The Morgan fingerprint density at radius 3 is 1.43 bits per heavy atom. The summed E-state index contributed by atoms with van der Waals surface area (Å²) >= 11 is 0. The molecule has 0 atom stereocenters. The van der Waals surface area contributed by atoms with Gasteiger partial charge in [0.2, 0.25) is 0 Å². The second-order valence-corrected chi connectivity index (χ2v) is 15.9. The highest BCUT2D eigenvalue weighted by Crippen LogP contribution is 2.21. The molecular formula is C16H40O2Si3. The molecule has 0 spiro atoms. The number of hydrogen-bond donors (Lipinski definition) is 0. The van der Waals surface area contributed by atoms with Crippen LogP contribution in [-0.2, 0) is 8.23 Å². The van der Waals surface area contributed by atoms with E-state index in [0.29, 0.717) is 0 Å². The van der Waals surface area contributed by atoms with Crippen molar-refractivity contribution in [1.82, 2.24) is 0 Å². The van der Waals surface area contributed by atoms with Crippen LogP contribution in [0.1, 0.15) is 64.7 Å². The molecule has 0 radical (unpaired) electrons. The second-order valence-electron chi connectivity index (χ2n) is 7.05. The molecule has 0 saturated heterocycles. The van der Waals surface area contributed by atoms with Crippen molar-refractivity contribution in [2.75, 3.05) is 0 Å². The fourth-order valence-corrected chi connectivity index (χ4v) is 13.4. The highest BCUT2D eigenvalue weighted by molar-refractivity contribution is 6.79. The third-order valence-electron chi connectivity index (χ3n) is 3.70. The summed E-state index contributed by atoms with van der Waals surface area (Å²) in [5, 5.41) is 0. The summed E-state index contributed by atoms with van der Waals surface area (Å²) in [5.41, 5.74) is 0. The van der Waals surface area contributed by atoms with Gasteiger partial charge in [0, 0.05) is 0 Å². The Kier molecular flexibility index (Phi) is 13.4. The van der Waals surface area contributed by atoms with Crippen molar-refractivity contribution in [2.24, 2.45) is 0 Å². The van der Waals surface area contributed by atoms with Crippen LogP contribution in [0.3, 0.4) is 0 Å². The normalized spacial score (nSPS) is 12.6. The molecule has 0 rings (SSSR count). The van der Waals surface area contributed by atoms with Crippen molar-refractivity contribution in [3.63, 3.8) is 0 Å². The van der Waals surface area contributed by atoms with E-state index in [1.54, 1.807) is 0 Å². The molecule has 0 aliphatic rings. The maximum Gasteiger partial charge on any atom is 0.313 e. The van der Waals surface area contributed by atoms with E-state index in [0.717, 1.165) is 0 Å². The van der Waals surface area contributed by atoms with Crippen LogP contribution in [0.15, 0.2) is 0 Å². The third kappa shape index (κ3) is 13.9. The second kappa shape index (κ2) is 13.1. The monoisotopic (exact) mass is 348 g/mol. The van der Waals surface area contributed by atoms with E-state index < -0.39 is 26.6 Å². The minimum atomic E-state index is -1.84. The number of hydrogen-bond acceptors (Lipinski definition) is 2.